The van der Waals surface area contributed by atoms with Crippen LogP contribution in [0.15, 0.2) is 22.7 Å². The normalized spacial score (nSPS) is 17.6. The molecule has 1 saturated heterocycles. The molecule has 0 radical (unpaired) electrons. The van der Waals surface area contributed by atoms with Crippen molar-refractivity contribution < 1.29 is 14.3 Å². The average molecular weight is 325 g/mol. The van der Waals surface area contributed by atoms with Crippen LogP contribution in [0, 0.1) is 0 Å². The molecule has 2 aliphatic heterocycles. The molecule has 1 fully saturated rings. The zero-order valence-electron chi connectivity index (χ0n) is 10.3. The highest BCUT2D eigenvalue weighted by Gasteiger charge is 2.30. The predicted octanol–water partition coefficient (Wildman–Crippen LogP) is 1.41. The monoisotopic (exact) mass is 324 g/mol. The molecule has 0 aliphatic carbocycles. The largest absolute Gasteiger partial charge is 0.482 e. The number of anilines is 1. The molecular weight excluding hydrogens is 312 g/mol. The van der Waals surface area contributed by atoms with Crippen LogP contribution in [0.1, 0.15) is 6.42 Å². The van der Waals surface area contributed by atoms with Gasteiger partial charge in [0.25, 0.3) is 5.91 Å². The number of carbonyl (C=O) groups is 2. The Morgan fingerprint density at radius 2 is 2.16 bits per heavy atom. The zero-order chi connectivity index (χ0) is 13.4. The Labute approximate surface area is 119 Å². The zero-order valence-corrected chi connectivity index (χ0v) is 11.9. The summed E-state index contributed by atoms with van der Waals surface area (Å²) in [5.74, 6) is 0.449. The van der Waals surface area contributed by atoms with E-state index in [4.69, 9.17) is 4.74 Å². The van der Waals surface area contributed by atoms with Crippen LogP contribution in [0.4, 0.5) is 5.69 Å². The first kappa shape index (κ1) is 12.5. The van der Waals surface area contributed by atoms with Crippen molar-refractivity contribution in [2.45, 2.75) is 6.42 Å². The first-order valence-electron chi connectivity index (χ1n) is 6.15. The maximum absolute atomic E-state index is 12.0. The van der Waals surface area contributed by atoms with E-state index in [2.05, 4.69) is 15.9 Å². The van der Waals surface area contributed by atoms with Gasteiger partial charge in [0.05, 0.1) is 5.69 Å². The van der Waals surface area contributed by atoms with Crippen molar-refractivity contribution in [3.8, 4) is 5.75 Å². The molecule has 2 aliphatic rings. The number of benzene rings is 1. The van der Waals surface area contributed by atoms with Gasteiger partial charge in [0.2, 0.25) is 5.91 Å². The van der Waals surface area contributed by atoms with Crippen LogP contribution in [-0.4, -0.2) is 43.0 Å². The van der Waals surface area contributed by atoms with Crippen LogP contribution in [-0.2, 0) is 9.59 Å². The van der Waals surface area contributed by atoms with E-state index >= 15 is 0 Å². The Morgan fingerprint density at radius 1 is 1.37 bits per heavy atom. The van der Waals surface area contributed by atoms with E-state index in [1.54, 1.807) is 11.0 Å². The van der Waals surface area contributed by atoms with Crippen LogP contribution in [0.2, 0.25) is 0 Å². The van der Waals surface area contributed by atoms with Crippen LogP contribution in [0.5, 0.6) is 5.75 Å². The highest BCUT2D eigenvalue weighted by Crippen LogP contribution is 2.34. The van der Waals surface area contributed by atoms with Crippen molar-refractivity contribution in [2.75, 3.05) is 31.1 Å². The Morgan fingerprint density at radius 3 is 2.84 bits per heavy atom. The molecule has 0 atom stereocenters. The molecule has 5 nitrogen and oxygen atoms in total. The molecule has 0 bridgehead atoms. The topological polar surface area (TPSA) is 49.9 Å². The molecule has 100 valence electrons. The number of amides is 2. The van der Waals surface area contributed by atoms with Gasteiger partial charge in [0.1, 0.15) is 12.3 Å². The summed E-state index contributed by atoms with van der Waals surface area (Å²) in [5.41, 5.74) is 0.660. The number of fused-ring (bicyclic) bond motifs is 1. The molecule has 0 aromatic heterocycles. The van der Waals surface area contributed by atoms with Gasteiger partial charge in [-0.2, -0.15) is 0 Å². The summed E-state index contributed by atoms with van der Waals surface area (Å²) in [5, 5.41) is 0. The van der Waals surface area contributed by atoms with Crippen molar-refractivity contribution in [3.05, 3.63) is 22.7 Å². The van der Waals surface area contributed by atoms with Gasteiger partial charge in [-0.25, -0.2) is 0 Å². The fourth-order valence-corrected chi connectivity index (χ4v) is 2.49. The van der Waals surface area contributed by atoms with Gasteiger partial charge in [-0.15, -0.1) is 0 Å². The van der Waals surface area contributed by atoms with Gasteiger partial charge in [0, 0.05) is 17.6 Å². The van der Waals surface area contributed by atoms with Gasteiger partial charge in [-0.1, -0.05) is 15.9 Å². The average Bonchev–Trinajstić information content (AvgIpc) is 2.30. The number of nitrogens with zero attached hydrogens (tertiary/aromatic N) is 2. The summed E-state index contributed by atoms with van der Waals surface area (Å²) < 4.78 is 6.27. The van der Waals surface area contributed by atoms with E-state index in [0.29, 0.717) is 11.4 Å². The fourth-order valence-electron chi connectivity index (χ4n) is 2.15. The van der Waals surface area contributed by atoms with Crippen molar-refractivity contribution >= 4 is 33.4 Å². The first-order chi connectivity index (χ1) is 9.15. The van der Waals surface area contributed by atoms with Crippen LogP contribution >= 0.6 is 15.9 Å². The second-order valence-corrected chi connectivity index (χ2v) is 5.53. The molecule has 3 rings (SSSR count). The lowest BCUT2D eigenvalue weighted by Crippen LogP contribution is -2.50. The molecule has 1 aromatic carbocycles. The number of carbonyl (C=O) groups excluding carboxylic acids is 2. The third kappa shape index (κ3) is 2.32. The number of rotatable bonds is 2. The number of halogens is 1. The van der Waals surface area contributed by atoms with Crippen molar-refractivity contribution in [2.24, 2.45) is 0 Å². The number of ether oxygens (including phenoxy) is 1. The molecule has 0 spiro atoms. The Kier molecular flexibility index (Phi) is 3.18. The quantitative estimate of drug-likeness (QED) is 0.826. The van der Waals surface area contributed by atoms with E-state index in [0.717, 1.165) is 24.0 Å². The van der Waals surface area contributed by atoms with E-state index in [1.807, 2.05) is 12.1 Å². The highest BCUT2D eigenvalue weighted by molar-refractivity contribution is 9.10. The fraction of sp³-hybridized carbons (Fsp3) is 0.385. The molecule has 0 N–H and O–H groups in total. The SMILES string of the molecule is O=C(CN1C(=O)COc2cc(Br)ccc21)N1CCC1. The molecule has 19 heavy (non-hydrogen) atoms. The van der Waals surface area contributed by atoms with Gasteiger partial charge < -0.3 is 9.64 Å². The van der Waals surface area contributed by atoms with Crippen molar-refractivity contribution in [1.82, 2.24) is 4.90 Å². The summed E-state index contributed by atoms with van der Waals surface area (Å²) in [6.07, 6.45) is 1.05. The lowest BCUT2D eigenvalue weighted by molar-refractivity contribution is -0.134. The lowest BCUT2D eigenvalue weighted by Gasteiger charge is -2.35. The molecule has 2 heterocycles. The van der Waals surface area contributed by atoms with Gasteiger partial charge in [-0.3, -0.25) is 14.5 Å². The highest BCUT2D eigenvalue weighted by atomic mass is 79.9. The van der Waals surface area contributed by atoms with Crippen molar-refractivity contribution in [1.29, 1.82) is 0 Å². The van der Waals surface area contributed by atoms with Crippen LogP contribution < -0.4 is 9.64 Å². The smallest absolute Gasteiger partial charge is 0.265 e. The van der Waals surface area contributed by atoms with E-state index in [9.17, 15) is 9.59 Å². The van der Waals surface area contributed by atoms with E-state index < -0.39 is 0 Å². The van der Waals surface area contributed by atoms with Crippen LogP contribution in [0.25, 0.3) is 0 Å². The second kappa shape index (κ2) is 4.85. The van der Waals surface area contributed by atoms with E-state index in [-0.39, 0.29) is 25.0 Å². The van der Waals surface area contributed by atoms with Gasteiger partial charge in [0.15, 0.2) is 6.61 Å². The Hall–Kier alpha value is -1.56. The third-order valence-electron chi connectivity index (χ3n) is 3.37. The standard InChI is InChI=1S/C13H13BrN2O3/c14-9-2-3-10-11(6-9)19-8-13(18)16(10)7-12(17)15-4-1-5-15/h2-3,6H,1,4-5,7-8H2. The molecule has 0 saturated carbocycles. The minimum Gasteiger partial charge on any atom is -0.482 e. The molecule has 6 heteroatoms. The Bertz CT molecular complexity index is 543. The summed E-state index contributed by atoms with van der Waals surface area (Å²) in [6.45, 7) is 1.67. The van der Waals surface area contributed by atoms with Crippen LogP contribution in [0.3, 0.4) is 0 Å². The summed E-state index contributed by atoms with van der Waals surface area (Å²) in [6, 6.07) is 5.44. The molecular formula is C13H13BrN2O3. The van der Waals surface area contributed by atoms with Gasteiger partial charge >= 0.3 is 0 Å². The van der Waals surface area contributed by atoms with Gasteiger partial charge in [-0.05, 0) is 24.6 Å². The number of hydrogen-bond acceptors (Lipinski definition) is 3. The summed E-state index contributed by atoms with van der Waals surface area (Å²) in [4.78, 5) is 27.2. The minimum absolute atomic E-state index is 0.00429. The maximum Gasteiger partial charge on any atom is 0.265 e. The first-order valence-corrected chi connectivity index (χ1v) is 6.95. The molecule has 2 amide bonds. The third-order valence-corrected chi connectivity index (χ3v) is 3.86. The minimum atomic E-state index is -0.177. The molecule has 1 aromatic rings. The lowest BCUT2D eigenvalue weighted by atomic mass is 10.2. The summed E-state index contributed by atoms with van der Waals surface area (Å²) in [7, 11) is 0. The molecule has 0 unspecified atom stereocenters. The number of likely N-dealkylation sites (tertiary alicyclic amines) is 1. The Balaban J connectivity index is 1.84. The summed E-state index contributed by atoms with van der Waals surface area (Å²) >= 11 is 3.36. The van der Waals surface area contributed by atoms with Crippen molar-refractivity contribution in [3.63, 3.8) is 0 Å². The van der Waals surface area contributed by atoms with E-state index in [1.165, 1.54) is 4.90 Å². The second-order valence-electron chi connectivity index (χ2n) is 4.61. The predicted molar refractivity (Wildman–Crippen MR) is 73.2 cm³/mol. The number of hydrogen-bond donors (Lipinski definition) is 0. The maximum atomic E-state index is 12.0.